The number of cyclic esters (lactones) is 1. The fourth-order valence-electron chi connectivity index (χ4n) is 0.931. The minimum Gasteiger partial charge on any atom is -0.447 e. The van der Waals surface area contributed by atoms with Crippen molar-refractivity contribution in [1.29, 1.82) is 0 Å². The van der Waals surface area contributed by atoms with Gasteiger partial charge in [-0.1, -0.05) is 11.6 Å². The van der Waals surface area contributed by atoms with E-state index >= 15 is 0 Å². The Balaban J connectivity index is 2.29. The first-order valence-electron chi connectivity index (χ1n) is 3.75. The van der Waals surface area contributed by atoms with E-state index < -0.39 is 0 Å². The molecule has 0 aliphatic carbocycles. The zero-order chi connectivity index (χ0) is 8.27. The van der Waals surface area contributed by atoms with E-state index in [1.807, 2.05) is 13.8 Å². The molecular formula is C8H13NO2. The van der Waals surface area contributed by atoms with Crippen molar-refractivity contribution in [2.75, 3.05) is 6.61 Å². The molecule has 1 atom stereocenters. The van der Waals surface area contributed by atoms with Crippen molar-refractivity contribution in [2.45, 2.75) is 26.3 Å². The van der Waals surface area contributed by atoms with Crippen LogP contribution in [-0.2, 0) is 4.74 Å². The Bertz CT molecular complexity index is 183. The van der Waals surface area contributed by atoms with Gasteiger partial charge in [0, 0.05) is 0 Å². The fourth-order valence-corrected chi connectivity index (χ4v) is 0.931. The van der Waals surface area contributed by atoms with Gasteiger partial charge >= 0.3 is 6.09 Å². The van der Waals surface area contributed by atoms with Crippen molar-refractivity contribution in [3.05, 3.63) is 11.6 Å². The minimum atomic E-state index is -0.294. The highest BCUT2D eigenvalue weighted by Crippen LogP contribution is 2.04. The van der Waals surface area contributed by atoms with Crippen LogP contribution in [0.1, 0.15) is 20.3 Å². The number of amides is 1. The zero-order valence-corrected chi connectivity index (χ0v) is 6.89. The van der Waals surface area contributed by atoms with Crippen LogP contribution >= 0.6 is 0 Å². The second-order valence-corrected chi connectivity index (χ2v) is 2.96. The van der Waals surface area contributed by atoms with Gasteiger partial charge in [0.1, 0.15) is 6.61 Å². The lowest BCUT2D eigenvalue weighted by Crippen LogP contribution is -2.25. The second-order valence-electron chi connectivity index (χ2n) is 2.96. The van der Waals surface area contributed by atoms with E-state index in [0.717, 1.165) is 6.42 Å². The SMILES string of the molecule is CC(C)=CC[C@H]1COC(=O)N1. The van der Waals surface area contributed by atoms with E-state index in [9.17, 15) is 4.79 Å². The van der Waals surface area contributed by atoms with Crippen LogP contribution in [0.2, 0.25) is 0 Å². The molecule has 0 aromatic rings. The molecular weight excluding hydrogens is 142 g/mol. The van der Waals surface area contributed by atoms with E-state index in [2.05, 4.69) is 11.4 Å². The van der Waals surface area contributed by atoms with Gasteiger partial charge in [-0.15, -0.1) is 0 Å². The van der Waals surface area contributed by atoms with Crippen LogP contribution in [0.4, 0.5) is 4.79 Å². The van der Waals surface area contributed by atoms with Crippen LogP contribution in [0.15, 0.2) is 11.6 Å². The maximum absolute atomic E-state index is 10.5. The third kappa shape index (κ3) is 2.62. The largest absolute Gasteiger partial charge is 0.447 e. The first-order chi connectivity index (χ1) is 5.18. The molecule has 1 N–H and O–H groups in total. The molecule has 1 saturated heterocycles. The number of hydrogen-bond acceptors (Lipinski definition) is 2. The average Bonchev–Trinajstić information content (AvgIpc) is 2.31. The van der Waals surface area contributed by atoms with E-state index in [0.29, 0.717) is 6.61 Å². The van der Waals surface area contributed by atoms with E-state index in [1.165, 1.54) is 5.57 Å². The average molecular weight is 155 g/mol. The van der Waals surface area contributed by atoms with Gasteiger partial charge in [-0.2, -0.15) is 0 Å². The maximum atomic E-state index is 10.5. The number of ether oxygens (including phenoxy) is 1. The summed E-state index contributed by atoms with van der Waals surface area (Å²) in [6, 6.07) is 0.178. The third-order valence-corrected chi connectivity index (χ3v) is 1.55. The molecule has 1 rings (SSSR count). The van der Waals surface area contributed by atoms with Crippen molar-refractivity contribution >= 4 is 6.09 Å². The Morgan fingerprint density at radius 1 is 1.82 bits per heavy atom. The summed E-state index contributed by atoms with van der Waals surface area (Å²) in [6.07, 6.45) is 2.67. The van der Waals surface area contributed by atoms with E-state index in [1.54, 1.807) is 0 Å². The van der Waals surface area contributed by atoms with E-state index in [4.69, 9.17) is 4.74 Å². The lowest BCUT2D eigenvalue weighted by atomic mass is 10.2. The van der Waals surface area contributed by atoms with Crippen molar-refractivity contribution in [3.8, 4) is 0 Å². The molecule has 1 amide bonds. The van der Waals surface area contributed by atoms with Crippen molar-refractivity contribution in [1.82, 2.24) is 5.32 Å². The summed E-state index contributed by atoms with van der Waals surface area (Å²) >= 11 is 0. The summed E-state index contributed by atoms with van der Waals surface area (Å²) in [4.78, 5) is 10.5. The zero-order valence-electron chi connectivity index (χ0n) is 6.89. The smallest absolute Gasteiger partial charge is 0.407 e. The number of hydrogen-bond donors (Lipinski definition) is 1. The summed E-state index contributed by atoms with van der Waals surface area (Å²) < 4.78 is 4.72. The lowest BCUT2D eigenvalue weighted by molar-refractivity contribution is 0.177. The number of alkyl carbamates (subject to hydrolysis) is 1. The van der Waals surface area contributed by atoms with Gasteiger partial charge in [-0.3, -0.25) is 0 Å². The molecule has 3 heteroatoms. The first-order valence-corrected chi connectivity index (χ1v) is 3.75. The molecule has 1 heterocycles. The van der Waals surface area contributed by atoms with Gasteiger partial charge in [0.2, 0.25) is 0 Å². The number of rotatable bonds is 2. The van der Waals surface area contributed by atoms with Gasteiger partial charge < -0.3 is 10.1 Å². The fraction of sp³-hybridized carbons (Fsp3) is 0.625. The molecule has 1 aliphatic heterocycles. The molecule has 0 unspecified atom stereocenters. The van der Waals surface area contributed by atoms with Crippen molar-refractivity contribution in [3.63, 3.8) is 0 Å². The lowest BCUT2D eigenvalue weighted by Gasteiger charge is -2.01. The van der Waals surface area contributed by atoms with Crippen LogP contribution in [0.3, 0.4) is 0 Å². The monoisotopic (exact) mass is 155 g/mol. The Morgan fingerprint density at radius 2 is 2.55 bits per heavy atom. The maximum Gasteiger partial charge on any atom is 0.407 e. The van der Waals surface area contributed by atoms with Gasteiger partial charge in [-0.05, 0) is 20.3 Å². The summed E-state index contributed by atoms with van der Waals surface area (Å²) in [5, 5.41) is 2.70. The highest BCUT2D eigenvalue weighted by molar-refractivity contribution is 5.69. The summed E-state index contributed by atoms with van der Waals surface area (Å²) in [6.45, 7) is 4.58. The highest BCUT2D eigenvalue weighted by atomic mass is 16.6. The topological polar surface area (TPSA) is 38.3 Å². The summed E-state index contributed by atoms with van der Waals surface area (Å²) in [7, 11) is 0. The molecule has 62 valence electrons. The summed E-state index contributed by atoms with van der Waals surface area (Å²) in [5.74, 6) is 0. The second kappa shape index (κ2) is 3.42. The van der Waals surface area contributed by atoms with Gasteiger partial charge in [-0.25, -0.2) is 4.79 Å². The molecule has 1 aliphatic rings. The predicted molar refractivity (Wildman–Crippen MR) is 42.3 cm³/mol. The molecule has 0 aromatic heterocycles. The number of carbonyl (C=O) groups excluding carboxylic acids is 1. The van der Waals surface area contributed by atoms with Crippen molar-refractivity contribution < 1.29 is 9.53 Å². The molecule has 1 fully saturated rings. The standard InChI is InChI=1S/C8H13NO2/c1-6(2)3-4-7-5-11-8(10)9-7/h3,7H,4-5H2,1-2H3,(H,9,10)/t7-/m0/s1. The van der Waals surface area contributed by atoms with Gasteiger partial charge in [0.05, 0.1) is 6.04 Å². The predicted octanol–water partition coefficient (Wildman–Crippen LogP) is 1.45. The minimum absolute atomic E-state index is 0.178. The Hall–Kier alpha value is -0.990. The van der Waals surface area contributed by atoms with E-state index in [-0.39, 0.29) is 12.1 Å². The molecule has 0 bridgehead atoms. The van der Waals surface area contributed by atoms with Gasteiger partial charge in [0.15, 0.2) is 0 Å². The number of nitrogens with one attached hydrogen (secondary N) is 1. The molecule has 0 radical (unpaired) electrons. The molecule has 0 saturated carbocycles. The third-order valence-electron chi connectivity index (χ3n) is 1.55. The van der Waals surface area contributed by atoms with Crippen LogP contribution in [-0.4, -0.2) is 18.7 Å². The molecule has 3 nitrogen and oxygen atoms in total. The Morgan fingerprint density at radius 3 is 3.00 bits per heavy atom. The number of carbonyl (C=O) groups is 1. The van der Waals surface area contributed by atoms with Crippen LogP contribution in [0, 0.1) is 0 Å². The normalized spacial score (nSPS) is 22.4. The first kappa shape index (κ1) is 8.11. The molecule has 0 spiro atoms. The number of allylic oxidation sites excluding steroid dienone is 1. The summed E-state index contributed by atoms with van der Waals surface area (Å²) in [5.41, 5.74) is 1.27. The van der Waals surface area contributed by atoms with Crippen molar-refractivity contribution in [2.24, 2.45) is 0 Å². The van der Waals surface area contributed by atoms with Gasteiger partial charge in [0.25, 0.3) is 0 Å². The van der Waals surface area contributed by atoms with Crippen LogP contribution in [0.5, 0.6) is 0 Å². The Labute approximate surface area is 66.4 Å². The molecule has 11 heavy (non-hydrogen) atoms. The quantitative estimate of drug-likeness (QED) is 0.613. The molecule has 0 aromatic carbocycles. The Kier molecular flexibility index (Phi) is 2.52. The van der Waals surface area contributed by atoms with Crippen LogP contribution in [0.25, 0.3) is 0 Å². The highest BCUT2D eigenvalue weighted by Gasteiger charge is 2.20. The van der Waals surface area contributed by atoms with Crippen LogP contribution < -0.4 is 5.32 Å².